The van der Waals surface area contributed by atoms with Gasteiger partial charge in [0.15, 0.2) is 0 Å². The Hall–Kier alpha value is -1.36. The van der Waals surface area contributed by atoms with E-state index in [-0.39, 0.29) is 11.3 Å². The lowest BCUT2D eigenvalue weighted by Gasteiger charge is -2.25. The summed E-state index contributed by atoms with van der Waals surface area (Å²) in [5, 5.41) is 10.8. The molecule has 1 amide bonds. The van der Waals surface area contributed by atoms with Gasteiger partial charge in [-0.3, -0.25) is 9.48 Å². The number of nitrogens with one attached hydrogen (secondary N) is 2. The molecule has 1 aliphatic rings. The van der Waals surface area contributed by atoms with Crippen LogP contribution in [0.1, 0.15) is 37.6 Å². The molecule has 2 heterocycles. The average Bonchev–Trinajstić information content (AvgIpc) is 3.02. The van der Waals surface area contributed by atoms with Crippen molar-refractivity contribution in [3.8, 4) is 0 Å². The zero-order valence-corrected chi connectivity index (χ0v) is 12.8. The van der Waals surface area contributed by atoms with Crippen LogP contribution in [0.15, 0.2) is 6.07 Å². The van der Waals surface area contributed by atoms with Gasteiger partial charge in [0.2, 0.25) is 5.91 Å². The van der Waals surface area contributed by atoms with Crippen molar-refractivity contribution >= 4 is 5.91 Å². The van der Waals surface area contributed by atoms with E-state index >= 15 is 0 Å². The zero-order chi connectivity index (χ0) is 14.6. The minimum atomic E-state index is -0.182. The summed E-state index contributed by atoms with van der Waals surface area (Å²) in [5.41, 5.74) is 2.05. The maximum Gasteiger partial charge on any atom is 0.227 e. The van der Waals surface area contributed by atoms with Gasteiger partial charge in [0.25, 0.3) is 0 Å². The predicted molar refractivity (Wildman–Crippen MR) is 79.5 cm³/mol. The summed E-state index contributed by atoms with van der Waals surface area (Å²) in [6, 6.07) is 2.08. The Morgan fingerprint density at radius 2 is 2.35 bits per heavy atom. The topological polar surface area (TPSA) is 59.0 Å². The van der Waals surface area contributed by atoms with Gasteiger partial charge in [0, 0.05) is 25.3 Å². The van der Waals surface area contributed by atoms with Crippen LogP contribution in [0.25, 0.3) is 0 Å². The summed E-state index contributed by atoms with van der Waals surface area (Å²) in [4.78, 5) is 12.3. The summed E-state index contributed by atoms with van der Waals surface area (Å²) in [7, 11) is 0. The summed E-state index contributed by atoms with van der Waals surface area (Å²) < 4.78 is 2.01. The molecule has 1 aliphatic heterocycles. The maximum atomic E-state index is 12.3. The number of hydrogen-bond donors (Lipinski definition) is 2. The molecule has 1 aromatic rings. The molecule has 5 nitrogen and oxygen atoms in total. The van der Waals surface area contributed by atoms with E-state index in [2.05, 4.69) is 35.6 Å². The highest BCUT2D eigenvalue weighted by Gasteiger charge is 2.38. The number of carbonyl (C=O) groups is 1. The minimum Gasteiger partial charge on any atom is -0.356 e. The molecule has 2 rings (SSSR count). The molecule has 112 valence electrons. The molecule has 0 aliphatic carbocycles. The fourth-order valence-corrected chi connectivity index (χ4v) is 2.92. The molecular weight excluding hydrogens is 252 g/mol. The van der Waals surface area contributed by atoms with Crippen molar-refractivity contribution in [1.82, 2.24) is 20.4 Å². The number of carbonyl (C=O) groups excluding carboxylic acids is 1. The molecule has 2 N–H and O–H groups in total. The molecule has 1 fully saturated rings. The number of hydrogen-bond acceptors (Lipinski definition) is 3. The molecule has 1 aromatic heterocycles. The van der Waals surface area contributed by atoms with E-state index in [0.29, 0.717) is 0 Å². The molecule has 0 bridgehead atoms. The van der Waals surface area contributed by atoms with Crippen LogP contribution in [0, 0.1) is 19.3 Å². The Morgan fingerprint density at radius 3 is 2.90 bits per heavy atom. The van der Waals surface area contributed by atoms with Crippen LogP contribution < -0.4 is 10.6 Å². The van der Waals surface area contributed by atoms with E-state index in [1.807, 2.05) is 11.6 Å². The van der Waals surface area contributed by atoms with Gasteiger partial charge in [0.1, 0.15) is 0 Å². The van der Waals surface area contributed by atoms with Crippen molar-refractivity contribution in [2.45, 2.75) is 46.6 Å². The quantitative estimate of drug-likeness (QED) is 0.773. The van der Waals surface area contributed by atoms with Crippen LogP contribution in [0.3, 0.4) is 0 Å². The van der Waals surface area contributed by atoms with Gasteiger partial charge in [-0.25, -0.2) is 0 Å². The third kappa shape index (κ3) is 3.20. The Morgan fingerprint density at radius 1 is 1.55 bits per heavy atom. The van der Waals surface area contributed by atoms with Gasteiger partial charge in [-0.1, -0.05) is 6.92 Å². The fourth-order valence-electron chi connectivity index (χ4n) is 2.92. The third-order valence-corrected chi connectivity index (χ3v) is 4.34. The van der Waals surface area contributed by atoms with E-state index in [9.17, 15) is 4.79 Å². The standard InChI is InChI=1S/C15H26N4O/c1-4-15(6-8-16-11-15)14(20)17-7-5-9-19-13(3)10-12(2)18-19/h10,16H,4-9,11H2,1-3H3,(H,17,20). The molecule has 0 radical (unpaired) electrons. The highest BCUT2D eigenvalue weighted by Crippen LogP contribution is 2.29. The van der Waals surface area contributed by atoms with Crippen LogP contribution in [0.2, 0.25) is 0 Å². The minimum absolute atomic E-state index is 0.182. The van der Waals surface area contributed by atoms with E-state index in [4.69, 9.17) is 0 Å². The van der Waals surface area contributed by atoms with Crippen LogP contribution in [0.5, 0.6) is 0 Å². The third-order valence-electron chi connectivity index (χ3n) is 4.34. The van der Waals surface area contributed by atoms with E-state index < -0.39 is 0 Å². The second-order valence-electron chi connectivity index (χ2n) is 5.82. The molecule has 0 spiro atoms. The highest BCUT2D eigenvalue weighted by atomic mass is 16.2. The second kappa shape index (κ2) is 6.39. The Bertz CT molecular complexity index is 460. The smallest absolute Gasteiger partial charge is 0.227 e. The van der Waals surface area contributed by atoms with Gasteiger partial charge >= 0.3 is 0 Å². The normalized spacial score (nSPS) is 22.1. The first kappa shape index (κ1) is 15.0. The van der Waals surface area contributed by atoms with Crippen LogP contribution >= 0.6 is 0 Å². The van der Waals surface area contributed by atoms with Crippen molar-refractivity contribution in [3.05, 3.63) is 17.5 Å². The Kier molecular flexibility index (Phi) is 4.81. The predicted octanol–water partition coefficient (Wildman–Crippen LogP) is 1.40. The molecular formula is C15H26N4O. The molecule has 0 saturated carbocycles. The summed E-state index contributed by atoms with van der Waals surface area (Å²) in [5.74, 6) is 0.207. The lowest BCUT2D eigenvalue weighted by Crippen LogP contribution is -2.42. The number of nitrogens with zero attached hydrogens (tertiary/aromatic N) is 2. The van der Waals surface area contributed by atoms with E-state index in [0.717, 1.165) is 51.1 Å². The van der Waals surface area contributed by atoms with Crippen molar-refractivity contribution in [3.63, 3.8) is 0 Å². The van der Waals surface area contributed by atoms with Crippen LogP contribution in [-0.4, -0.2) is 35.3 Å². The lowest BCUT2D eigenvalue weighted by molar-refractivity contribution is -0.130. The maximum absolute atomic E-state index is 12.3. The number of aromatic nitrogens is 2. The monoisotopic (exact) mass is 278 g/mol. The van der Waals surface area contributed by atoms with Crippen LogP contribution in [0.4, 0.5) is 0 Å². The van der Waals surface area contributed by atoms with Gasteiger partial charge in [-0.05, 0) is 45.7 Å². The SMILES string of the molecule is CCC1(C(=O)NCCCn2nc(C)cc2C)CCNC1. The molecule has 0 aromatic carbocycles. The summed E-state index contributed by atoms with van der Waals surface area (Å²) >= 11 is 0. The second-order valence-corrected chi connectivity index (χ2v) is 5.82. The summed E-state index contributed by atoms with van der Waals surface area (Å²) in [6.07, 6.45) is 2.77. The van der Waals surface area contributed by atoms with Crippen molar-refractivity contribution < 1.29 is 4.79 Å². The van der Waals surface area contributed by atoms with Gasteiger partial charge in [0.05, 0.1) is 11.1 Å². The molecule has 5 heteroatoms. The van der Waals surface area contributed by atoms with Crippen LogP contribution in [-0.2, 0) is 11.3 Å². The number of amides is 1. The van der Waals surface area contributed by atoms with Crippen molar-refractivity contribution in [1.29, 1.82) is 0 Å². The van der Waals surface area contributed by atoms with Gasteiger partial charge < -0.3 is 10.6 Å². The molecule has 20 heavy (non-hydrogen) atoms. The fraction of sp³-hybridized carbons (Fsp3) is 0.733. The van der Waals surface area contributed by atoms with E-state index in [1.54, 1.807) is 0 Å². The van der Waals surface area contributed by atoms with E-state index in [1.165, 1.54) is 5.69 Å². The van der Waals surface area contributed by atoms with Crippen molar-refractivity contribution in [2.24, 2.45) is 5.41 Å². The van der Waals surface area contributed by atoms with Crippen molar-refractivity contribution in [2.75, 3.05) is 19.6 Å². The molecule has 1 unspecified atom stereocenters. The lowest BCUT2D eigenvalue weighted by atomic mass is 9.83. The zero-order valence-electron chi connectivity index (χ0n) is 12.8. The Labute approximate surface area is 121 Å². The Balaban J connectivity index is 1.75. The molecule has 1 saturated heterocycles. The number of rotatable bonds is 6. The van der Waals surface area contributed by atoms with Gasteiger partial charge in [-0.15, -0.1) is 0 Å². The average molecular weight is 278 g/mol. The summed E-state index contributed by atoms with van der Waals surface area (Å²) in [6.45, 7) is 9.51. The van der Waals surface area contributed by atoms with Gasteiger partial charge in [-0.2, -0.15) is 5.10 Å². The first-order valence-electron chi connectivity index (χ1n) is 7.57. The largest absolute Gasteiger partial charge is 0.356 e. The molecule has 1 atom stereocenters. The highest BCUT2D eigenvalue weighted by molar-refractivity contribution is 5.83. The first-order chi connectivity index (χ1) is 9.57. The first-order valence-corrected chi connectivity index (χ1v) is 7.57. The number of aryl methyl sites for hydroxylation is 3.